The fourth-order valence-electron chi connectivity index (χ4n) is 4.51. The maximum atomic E-state index is 13.4. The molecule has 1 fully saturated rings. The van der Waals surface area contributed by atoms with Crippen molar-refractivity contribution >= 4 is 25.5 Å². The number of hydrogen-bond acceptors (Lipinski definition) is 6. The Labute approximate surface area is 230 Å². The molecule has 5 aromatic heterocycles. The molecule has 0 atom stereocenters. The maximum absolute atomic E-state index is 13.4. The summed E-state index contributed by atoms with van der Waals surface area (Å²) >= 11 is -0.266. The van der Waals surface area contributed by atoms with E-state index in [2.05, 4.69) is 24.7 Å². The van der Waals surface area contributed by atoms with E-state index in [9.17, 15) is 22.0 Å². The van der Waals surface area contributed by atoms with Crippen LogP contribution in [0.25, 0.3) is 32.7 Å². The van der Waals surface area contributed by atoms with Crippen molar-refractivity contribution in [2.75, 3.05) is 0 Å². The van der Waals surface area contributed by atoms with Gasteiger partial charge >= 0.3 is 231 Å². The third-order valence-corrected chi connectivity index (χ3v) is 8.76. The SMILES string of the molecule is CC(C)n1cc(C(F)(F)F)nc1-c1ccc(Cn2ccc3cnc(-c4c(OC(F)F)ncnc4C4CC4)nc32)[se]1. The fourth-order valence-corrected chi connectivity index (χ4v) is 6.61. The molecule has 1 saturated carbocycles. The average molecular weight is 622 g/mol. The van der Waals surface area contributed by atoms with E-state index in [0.717, 1.165) is 33.3 Å². The zero-order valence-corrected chi connectivity index (χ0v) is 22.9. The molecule has 0 radical (unpaired) electrons. The van der Waals surface area contributed by atoms with Gasteiger partial charge in [-0.05, 0) is 0 Å². The van der Waals surface area contributed by atoms with Gasteiger partial charge in [-0.15, -0.1) is 0 Å². The predicted octanol–water partition coefficient (Wildman–Crippen LogP) is 5.94. The van der Waals surface area contributed by atoms with Crippen LogP contribution in [0.15, 0.2) is 43.1 Å². The number of aromatic nitrogens is 7. The predicted molar refractivity (Wildman–Crippen MR) is 136 cm³/mol. The molecule has 1 aliphatic rings. The number of halogens is 5. The van der Waals surface area contributed by atoms with Crippen LogP contribution in [0.2, 0.25) is 0 Å². The molecule has 5 aromatic rings. The van der Waals surface area contributed by atoms with Crippen molar-refractivity contribution in [3.63, 3.8) is 0 Å². The number of alkyl halides is 5. The van der Waals surface area contributed by atoms with Gasteiger partial charge in [-0.25, -0.2) is 0 Å². The van der Waals surface area contributed by atoms with Crippen molar-refractivity contribution in [2.45, 2.75) is 58.0 Å². The molecule has 0 N–H and O–H groups in total. The van der Waals surface area contributed by atoms with Gasteiger partial charge in [0.25, 0.3) is 0 Å². The summed E-state index contributed by atoms with van der Waals surface area (Å²) in [4.78, 5) is 21.3. The number of nitrogens with zero attached hydrogens (tertiary/aromatic N) is 7. The summed E-state index contributed by atoms with van der Waals surface area (Å²) in [5.74, 6) is 0.350. The Hall–Kier alpha value is -3.64. The van der Waals surface area contributed by atoms with Gasteiger partial charge in [-0.1, -0.05) is 0 Å². The van der Waals surface area contributed by atoms with Gasteiger partial charge in [0.1, 0.15) is 0 Å². The molecular formula is C26H22F5N7OSe. The Morgan fingerprint density at radius 2 is 1.88 bits per heavy atom. The Kier molecular flexibility index (Phi) is 6.70. The zero-order chi connectivity index (χ0) is 28.2. The molecule has 1 aliphatic carbocycles. The number of fused-ring (bicyclic) bond motifs is 1. The topological polar surface area (TPSA) is 83.5 Å². The second kappa shape index (κ2) is 10.1. The zero-order valence-electron chi connectivity index (χ0n) is 21.2. The molecule has 0 saturated heterocycles. The first kappa shape index (κ1) is 26.6. The number of ether oxygens (including phenoxy) is 1. The summed E-state index contributed by atoms with van der Waals surface area (Å²) in [6.07, 6.45) is 2.94. The number of rotatable bonds is 8. The molecule has 0 spiro atoms. The summed E-state index contributed by atoms with van der Waals surface area (Å²) in [5.41, 5.74) is 0.506. The minimum atomic E-state index is -4.53. The van der Waals surface area contributed by atoms with Crippen molar-refractivity contribution in [1.82, 2.24) is 34.1 Å². The molecule has 0 bridgehead atoms. The molecule has 0 amide bonds. The Bertz CT molecular complexity index is 1690. The van der Waals surface area contributed by atoms with Crippen LogP contribution < -0.4 is 4.74 Å². The Morgan fingerprint density at radius 3 is 2.58 bits per heavy atom. The Morgan fingerprint density at radius 1 is 1.07 bits per heavy atom. The summed E-state index contributed by atoms with van der Waals surface area (Å²) < 4.78 is 76.2. The first-order chi connectivity index (χ1) is 19.1. The number of hydrogen-bond donors (Lipinski definition) is 0. The third kappa shape index (κ3) is 5.13. The van der Waals surface area contributed by atoms with E-state index in [-0.39, 0.29) is 43.7 Å². The van der Waals surface area contributed by atoms with Crippen LogP contribution in [0.5, 0.6) is 5.88 Å². The summed E-state index contributed by atoms with van der Waals surface area (Å²) in [7, 11) is 0. The minimum absolute atomic E-state index is 0.108. The molecule has 14 heteroatoms. The van der Waals surface area contributed by atoms with E-state index < -0.39 is 18.5 Å². The van der Waals surface area contributed by atoms with E-state index in [4.69, 9.17) is 4.98 Å². The van der Waals surface area contributed by atoms with E-state index >= 15 is 0 Å². The molecule has 5 heterocycles. The second-order valence-corrected chi connectivity index (χ2v) is 12.2. The van der Waals surface area contributed by atoms with Crippen molar-refractivity contribution in [3.8, 4) is 27.5 Å². The van der Waals surface area contributed by atoms with Gasteiger partial charge in [0.2, 0.25) is 0 Å². The monoisotopic (exact) mass is 623 g/mol. The van der Waals surface area contributed by atoms with Crippen LogP contribution in [0.4, 0.5) is 22.0 Å². The van der Waals surface area contributed by atoms with E-state index in [1.54, 1.807) is 10.8 Å². The molecule has 8 nitrogen and oxygen atoms in total. The van der Waals surface area contributed by atoms with E-state index in [1.807, 2.05) is 42.8 Å². The van der Waals surface area contributed by atoms with Crippen LogP contribution in [0, 0.1) is 0 Å². The van der Waals surface area contributed by atoms with Gasteiger partial charge in [0, 0.05) is 0 Å². The van der Waals surface area contributed by atoms with Crippen molar-refractivity contribution in [3.05, 3.63) is 58.9 Å². The number of imidazole rings is 1. The molecule has 6 rings (SSSR count). The average Bonchev–Trinajstić information content (AvgIpc) is 3.28. The standard InChI is InChI=1S/C26H22F5N7OSe/c1-13(2)38-11-18(26(29,30)31)35-23(38)17-6-5-16(40-17)10-37-8-7-15-9-32-21(36-22(15)37)19-20(14-3-4-14)33-12-34-24(19)39-25(27)28/h5-9,11-14,25H,3-4,10H2,1-2H3. The first-order valence-corrected chi connectivity index (χ1v) is 14.2. The second-order valence-electron chi connectivity index (χ2n) is 9.72. The van der Waals surface area contributed by atoms with Crippen molar-refractivity contribution < 1.29 is 26.7 Å². The van der Waals surface area contributed by atoms with Crippen LogP contribution in [-0.4, -0.2) is 55.2 Å². The van der Waals surface area contributed by atoms with Gasteiger partial charge in [0.15, 0.2) is 0 Å². The molecule has 208 valence electrons. The first-order valence-electron chi connectivity index (χ1n) is 12.5. The van der Waals surface area contributed by atoms with Crippen molar-refractivity contribution in [1.29, 1.82) is 0 Å². The summed E-state index contributed by atoms with van der Waals surface area (Å²) in [5, 5.41) is 0.745. The molecule has 0 aliphatic heterocycles. The third-order valence-electron chi connectivity index (χ3n) is 6.52. The fraction of sp³-hybridized carbons (Fsp3) is 0.346. The van der Waals surface area contributed by atoms with Crippen LogP contribution in [-0.2, 0) is 12.7 Å². The molecule has 0 aromatic carbocycles. The van der Waals surface area contributed by atoms with E-state index in [0.29, 0.717) is 23.7 Å². The quantitative estimate of drug-likeness (QED) is 0.158. The Balaban J connectivity index is 1.35. The molecular weight excluding hydrogens is 600 g/mol. The summed E-state index contributed by atoms with van der Waals surface area (Å²) in [6, 6.07) is 5.38. The molecule has 0 unspecified atom stereocenters. The van der Waals surface area contributed by atoms with E-state index in [1.165, 1.54) is 6.33 Å². The van der Waals surface area contributed by atoms with Gasteiger partial charge in [-0.3, -0.25) is 0 Å². The summed E-state index contributed by atoms with van der Waals surface area (Å²) in [6.45, 7) is 1.01. The van der Waals surface area contributed by atoms with Gasteiger partial charge in [0.05, 0.1) is 0 Å². The van der Waals surface area contributed by atoms with Gasteiger partial charge < -0.3 is 0 Å². The van der Waals surface area contributed by atoms with Gasteiger partial charge in [-0.2, -0.15) is 0 Å². The van der Waals surface area contributed by atoms with Crippen LogP contribution in [0.1, 0.15) is 54.5 Å². The van der Waals surface area contributed by atoms with Crippen LogP contribution >= 0.6 is 0 Å². The van der Waals surface area contributed by atoms with Crippen LogP contribution in [0.3, 0.4) is 0 Å². The normalized spacial score (nSPS) is 14.1. The molecule has 40 heavy (non-hydrogen) atoms. The van der Waals surface area contributed by atoms with Crippen molar-refractivity contribution in [2.24, 2.45) is 0 Å².